The van der Waals surface area contributed by atoms with Crippen molar-refractivity contribution in [2.24, 2.45) is 0 Å². The van der Waals surface area contributed by atoms with E-state index in [0.717, 1.165) is 0 Å². The van der Waals surface area contributed by atoms with E-state index >= 15 is 0 Å². The SMILES string of the molecule is O=C([O-])O.[Mg+]. The third-order valence-electron chi connectivity index (χ3n) is 0. The maximum Gasteiger partial charge on any atom is 1.00 e. The van der Waals surface area contributed by atoms with Gasteiger partial charge in [0, 0.05) is 0 Å². The van der Waals surface area contributed by atoms with Crippen molar-refractivity contribution in [3.63, 3.8) is 0 Å². The Morgan fingerprint density at radius 1 is 1.80 bits per heavy atom. The number of carbonyl (C=O) groups is 1. The van der Waals surface area contributed by atoms with Crippen LogP contribution >= 0.6 is 0 Å². The second kappa shape index (κ2) is 4.04. The summed E-state index contributed by atoms with van der Waals surface area (Å²) in [6, 6.07) is 0. The Hall–Kier alpha value is 0.0362. The molecule has 4 heteroatoms. The molecule has 0 saturated carbocycles. The van der Waals surface area contributed by atoms with Crippen LogP contribution in [0.5, 0.6) is 0 Å². The van der Waals surface area contributed by atoms with Crippen molar-refractivity contribution in [2.75, 3.05) is 0 Å². The molecule has 0 atom stereocenters. The average molecular weight is 85.3 g/mol. The molecular formula is CHMgO3. The van der Waals surface area contributed by atoms with E-state index in [1.165, 1.54) is 0 Å². The third-order valence-corrected chi connectivity index (χ3v) is 0. The maximum absolute atomic E-state index is 8.44. The molecule has 0 aromatic rings. The molecule has 0 aromatic heterocycles. The fraction of sp³-hybridized carbons (Fsp3) is 0. The molecule has 0 aromatic carbocycles. The van der Waals surface area contributed by atoms with E-state index in [-0.39, 0.29) is 23.1 Å². The molecule has 0 spiro atoms. The first-order chi connectivity index (χ1) is 1.73. The molecule has 5 heavy (non-hydrogen) atoms. The van der Waals surface area contributed by atoms with Crippen LogP contribution in [0.4, 0.5) is 4.79 Å². The molecule has 0 unspecified atom stereocenters. The summed E-state index contributed by atoms with van der Waals surface area (Å²) in [5, 5.41) is 15.3. The van der Waals surface area contributed by atoms with E-state index in [1.807, 2.05) is 0 Å². The minimum absolute atomic E-state index is 0. The van der Waals surface area contributed by atoms with Gasteiger partial charge >= 0.3 is 23.1 Å². The van der Waals surface area contributed by atoms with Gasteiger partial charge in [0.25, 0.3) is 0 Å². The van der Waals surface area contributed by atoms with Crippen LogP contribution in [-0.4, -0.2) is 34.3 Å². The topological polar surface area (TPSA) is 60.4 Å². The Morgan fingerprint density at radius 2 is 1.80 bits per heavy atom. The molecule has 0 rings (SSSR count). The van der Waals surface area contributed by atoms with Crippen molar-refractivity contribution in [1.29, 1.82) is 0 Å². The minimum atomic E-state index is -2.08. The number of carboxylic acid groups (broad SMARTS) is 2. The van der Waals surface area contributed by atoms with E-state index in [2.05, 4.69) is 0 Å². The van der Waals surface area contributed by atoms with Crippen LogP contribution in [0.2, 0.25) is 0 Å². The van der Waals surface area contributed by atoms with E-state index in [0.29, 0.717) is 0 Å². The van der Waals surface area contributed by atoms with Crippen LogP contribution in [-0.2, 0) is 0 Å². The monoisotopic (exact) mass is 85.0 g/mol. The van der Waals surface area contributed by atoms with Crippen molar-refractivity contribution < 1.29 is 15.0 Å². The predicted molar refractivity (Wildman–Crippen MR) is 13.8 cm³/mol. The van der Waals surface area contributed by atoms with Crippen LogP contribution in [0, 0.1) is 0 Å². The van der Waals surface area contributed by atoms with Crippen LogP contribution < -0.4 is 5.11 Å². The molecule has 0 saturated heterocycles. The van der Waals surface area contributed by atoms with Crippen LogP contribution in [0.3, 0.4) is 0 Å². The molecular weight excluding hydrogens is 84.3 g/mol. The van der Waals surface area contributed by atoms with Gasteiger partial charge in [-0.05, 0) is 0 Å². The normalized spacial score (nSPS) is 4.80. The van der Waals surface area contributed by atoms with Gasteiger partial charge < -0.3 is 15.0 Å². The van der Waals surface area contributed by atoms with Gasteiger partial charge in [-0.25, -0.2) is 0 Å². The average Bonchev–Trinajstić information content (AvgIpc) is 0.811. The number of hydrogen-bond acceptors (Lipinski definition) is 2. The molecule has 0 fully saturated rings. The zero-order valence-electron chi connectivity index (χ0n) is 2.47. The fourth-order valence-electron chi connectivity index (χ4n) is 0. The Morgan fingerprint density at radius 3 is 1.80 bits per heavy atom. The zero-order valence-corrected chi connectivity index (χ0v) is 3.89. The maximum atomic E-state index is 8.44. The molecule has 1 radical (unpaired) electrons. The van der Waals surface area contributed by atoms with Gasteiger partial charge in [0.1, 0.15) is 0 Å². The molecule has 0 heterocycles. The van der Waals surface area contributed by atoms with Crippen molar-refractivity contribution in [1.82, 2.24) is 0 Å². The Kier molecular flexibility index (Phi) is 7.18. The Labute approximate surface area is 44.8 Å². The molecule has 0 aliphatic heterocycles. The van der Waals surface area contributed by atoms with Gasteiger partial charge in [-0.2, -0.15) is 0 Å². The predicted octanol–water partition coefficient (Wildman–Crippen LogP) is -1.49. The van der Waals surface area contributed by atoms with Gasteiger partial charge in [0.15, 0.2) is 0 Å². The molecule has 25 valence electrons. The summed E-state index contributed by atoms with van der Waals surface area (Å²) in [6.07, 6.45) is -2.08. The Bertz CT molecular complexity index is 29.9. The largest absolute Gasteiger partial charge is 1.00 e. The quantitative estimate of drug-likeness (QED) is 0.364. The molecule has 0 aliphatic rings. The number of rotatable bonds is 0. The van der Waals surface area contributed by atoms with E-state index < -0.39 is 6.16 Å². The summed E-state index contributed by atoms with van der Waals surface area (Å²) in [6.45, 7) is 0. The first-order valence-corrected chi connectivity index (χ1v) is 0.632. The van der Waals surface area contributed by atoms with Crippen LogP contribution in [0.1, 0.15) is 0 Å². The first-order valence-electron chi connectivity index (χ1n) is 0.632. The smallest absolute Gasteiger partial charge is 0.565 e. The standard InChI is InChI=1S/CH2O3.Mg/c2-1(3)4;/h(H2,2,3,4);/q;+1/p-1. The second-order valence-electron chi connectivity index (χ2n) is 0.266. The summed E-state index contributed by atoms with van der Waals surface area (Å²) in [5.41, 5.74) is 0. The first kappa shape index (κ1) is 8.90. The van der Waals surface area contributed by atoms with Crippen molar-refractivity contribution >= 4 is 29.2 Å². The summed E-state index contributed by atoms with van der Waals surface area (Å²) in [7, 11) is 0. The number of hydrogen-bond donors (Lipinski definition) is 1. The fourth-order valence-corrected chi connectivity index (χ4v) is 0. The summed E-state index contributed by atoms with van der Waals surface area (Å²) in [5.74, 6) is 0. The molecule has 0 amide bonds. The molecule has 1 N–H and O–H groups in total. The summed E-state index contributed by atoms with van der Waals surface area (Å²) < 4.78 is 0. The van der Waals surface area contributed by atoms with Gasteiger partial charge in [-0.15, -0.1) is 0 Å². The van der Waals surface area contributed by atoms with E-state index in [9.17, 15) is 0 Å². The summed E-state index contributed by atoms with van der Waals surface area (Å²) in [4.78, 5) is 8.44. The van der Waals surface area contributed by atoms with Gasteiger partial charge in [-0.1, -0.05) is 0 Å². The van der Waals surface area contributed by atoms with Crippen LogP contribution in [0.25, 0.3) is 0 Å². The molecule has 0 bridgehead atoms. The second-order valence-corrected chi connectivity index (χ2v) is 0.266. The van der Waals surface area contributed by atoms with Gasteiger partial charge in [0.2, 0.25) is 6.16 Å². The summed E-state index contributed by atoms with van der Waals surface area (Å²) >= 11 is 0. The van der Waals surface area contributed by atoms with Crippen molar-refractivity contribution in [3.8, 4) is 0 Å². The Balaban J connectivity index is 0. The van der Waals surface area contributed by atoms with E-state index in [1.54, 1.807) is 0 Å². The third kappa shape index (κ3) is 12700. The van der Waals surface area contributed by atoms with Crippen molar-refractivity contribution in [2.45, 2.75) is 0 Å². The minimum Gasteiger partial charge on any atom is -0.565 e. The van der Waals surface area contributed by atoms with Crippen LogP contribution in [0.15, 0.2) is 0 Å². The van der Waals surface area contributed by atoms with Gasteiger partial charge in [-0.3, -0.25) is 0 Å². The molecule has 0 aliphatic carbocycles. The van der Waals surface area contributed by atoms with Gasteiger partial charge in [0.05, 0.1) is 0 Å². The zero-order chi connectivity index (χ0) is 3.58. The van der Waals surface area contributed by atoms with E-state index in [4.69, 9.17) is 15.0 Å². The molecule has 3 nitrogen and oxygen atoms in total. The van der Waals surface area contributed by atoms with Crippen molar-refractivity contribution in [3.05, 3.63) is 0 Å².